The molecule has 0 radical (unpaired) electrons. The molecule has 4 rings (SSSR count). The summed E-state index contributed by atoms with van der Waals surface area (Å²) >= 11 is 6.13. The van der Waals surface area contributed by atoms with Crippen molar-refractivity contribution in [2.45, 2.75) is 6.10 Å². The standard InChI is InChI=1S/C25H18ClNO6/c1-31-21-12-11-16(13-18(21)26)27-24(29)23(15-7-3-2-4-8-15)33-25(30)22-14-19(28)17-9-5-6-10-20(17)32-22/h2-14,23H,1H3,(H,27,29)/t23-/m0/s1. The Morgan fingerprint density at radius 1 is 0.970 bits per heavy atom. The first-order valence-electron chi connectivity index (χ1n) is 9.89. The number of ether oxygens (including phenoxy) is 2. The van der Waals surface area contributed by atoms with Crippen LogP contribution in [0, 0.1) is 0 Å². The number of halogens is 1. The van der Waals surface area contributed by atoms with Crippen molar-refractivity contribution in [3.8, 4) is 5.75 Å². The summed E-state index contributed by atoms with van der Waals surface area (Å²) in [6.45, 7) is 0. The molecule has 0 aliphatic carbocycles. The Kier molecular flexibility index (Phi) is 6.42. The first-order valence-corrected chi connectivity index (χ1v) is 10.3. The fourth-order valence-corrected chi connectivity index (χ4v) is 3.48. The highest BCUT2D eigenvalue weighted by Crippen LogP contribution is 2.28. The number of amides is 1. The van der Waals surface area contributed by atoms with Crippen molar-refractivity contribution in [2.24, 2.45) is 0 Å². The van der Waals surface area contributed by atoms with Crippen LogP contribution in [-0.4, -0.2) is 19.0 Å². The SMILES string of the molecule is COc1ccc(NC(=O)[C@@H](OC(=O)c2cc(=O)c3ccccc3o2)c2ccccc2)cc1Cl. The van der Waals surface area contributed by atoms with Crippen molar-refractivity contribution in [1.29, 1.82) is 0 Å². The highest BCUT2D eigenvalue weighted by Gasteiger charge is 2.27. The summed E-state index contributed by atoms with van der Waals surface area (Å²) in [5.74, 6) is -1.42. The van der Waals surface area contributed by atoms with Gasteiger partial charge in [-0.25, -0.2) is 4.79 Å². The number of rotatable bonds is 6. The van der Waals surface area contributed by atoms with Gasteiger partial charge in [0, 0.05) is 17.3 Å². The van der Waals surface area contributed by atoms with Crippen LogP contribution in [-0.2, 0) is 9.53 Å². The molecule has 0 aliphatic heterocycles. The molecule has 0 unspecified atom stereocenters. The van der Waals surface area contributed by atoms with Crippen molar-refractivity contribution in [3.05, 3.63) is 105 Å². The molecule has 1 aromatic heterocycles. The van der Waals surface area contributed by atoms with E-state index in [-0.39, 0.29) is 11.3 Å². The van der Waals surface area contributed by atoms with Crippen molar-refractivity contribution in [2.75, 3.05) is 12.4 Å². The minimum atomic E-state index is -1.31. The van der Waals surface area contributed by atoms with Crippen LogP contribution < -0.4 is 15.5 Å². The lowest BCUT2D eigenvalue weighted by Crippen LogP contribution is -2.26. The molecule has 3 aromatic carbocycles. The Balaban J connectivity index is 1.62. The lowest BCUT2D eigenvalue weighted by Gasteiger charge is -2.18. The molecule has 33 heavy (non-hydrogen) atoms. The average molecular weight is 464 g/mol. The van der Waals surface area contributed by atoms with Gasteiger partial charge in [-0.15, -0.1) is 0 Å². The summed E-state index contributed by atoms with van der Waals surface area (Å²) in [5.41, 5.74) is 0.675. The number of hydrogen-bond donors (Lipinski definition) is 1. The molecule has 1 N–H and O–H groups in total. The van der Waals surface area contributed by atoms with Gasteiger partial charge in [0.2, 0.25) is 11.9 Å². The number of nitrogens with one attached hydrogen (secondary N) is 1. The second-order valence-electron chi connectivity index (χ2n) is 7.01. The third kappa shape index (κ3) is 4.88. The third-order valence-corrected chi connectivity index (χ3v) is 5.12. The first kappa shape index (κ1) is 22.1. The van der Waals surface area contributed by atoms with Crippen molar-refractivity contribution < 1.29 is 23.5 Å². The van der Waals surface area contributed by atoms with Gasteiger partial charge >= 0.3 is 5.97 Å². The molecule has 1 amide bonds. The molecule has 7 nitrogen and oxygen atoms in total. The van der Waals surface area contributed by atoms with Gasteiger partial charge in [-0.1, -0.05) is 54.1 Å². The quantitative estimate of drug-likeness (QED) is 0.405. The van der Waals surface area contributed by atoms with Crippen LogP contribution in [0.5, 0.6) is 5.75 Å². The zero-order chi connectivity index (χ0) is 23.4. The summed E-state index contributed by atoms with van der Waals surface area (Å²) in [6.07, 6.45) is -1.31. The molecule has 4 aromatic rings. The van der Waals surface area contributed by atoms with Gasteiger partial charge < -0.3 is 19.2 Å². The van der Waals surface area contributed by atoms with Crippen LogP contribution in [0.3, 0.4) is 0 Å². The number of benzene rings is 3. The van der Waals surface area contributed by atoms with Gasteiger partial charge in [0.1, 0.15) is 11.3 Å². The molecule has 166 valence electrons. The smallest absolute Gasteiger partial charge is 0.375 e. The molecular weight excluding hydrogens is 446 g/mol. The molecule has 0 saturated carbocycles. The molecule has 1 heterocycles. The number of fused-ring (bicyclic) bond motifs is 1. The van der Waals surface area contributed by atoms with Gasteiger partial charge in [0.15, 0.2) is 5.43 Å². The van der Waals surface area contributed by atoms with Crippen molar-refractivity contribution in [3.63, 3.8) is 0 Å². The summed E-state index contributed by atoms with van der Waals surface area (Å²) in [7, 11) is 1.48. The fourth-order valence-electron chi connectivity index (χ4n) is 3.22. The second-order valence-corrected chi connectivity index (χ2v) is 7.41. The number of esters is 1. The van der Waals surface area contributed by atoms with E-state index in [2.05, 4.69) is 5.32 Å². The number of hydrogen-bond acceptors (Lipinski definition) is 6. The fraction of sp³-hybridized carbons (Fsp3) is 0.0800. The summed E-state index contributed by atoms with van der Waals surface area (Å²) in [5, 5.41) is 3.32. The number of methoxy groups -OCH3 is 1. The summed E-state index contributed by atoms with van der Waals surface area (Å²) < 4.78 is 16.2. The van der Waals surface area contributed by atoms with Gasteiger partial charge in [-0.05, 0) is 30.3 Å². The lowest BCUT2D eigenvalue weighted by atomic mass is 10.1. The van der Waals surface area contributed by atoms with Crippen LogP contribution in [0.1, 0.15) is 22.2 Å². The molecule has 0 bridgehead atoms. The molecule has 0 spiro atoms. The number of carbonyl (C=O) groups is 2. The Labute approximate surface area is 193 Å². The van der Waals surface area contributed by atoms with E-state index in [1.54, 1.807) is 66.7 Å². The topological polar surface area (TPSA) is 94.8 Å². The van der Waals surface area contributed by atoms with E-state index < -0.39 is 23.4 Å². The predicted octanol–water partition coefficient (Wildman–Crippen LogP) is 4.99. The molecule has 0 fully saturated rings. The third-order valence-electron chi connectivity index (χ3n) is 4.82. The number of carbonyl (C=O) groups excluding carboxylic acids is 2. The van der Waals surface area contributed by atoms with Crippen LogP contribution in [0.2, 0.25) is 5.02 Å². The minimum Gasteiger partial charge on any atom is -0.495 e. The molecule has 1 atom stereocenters. The van der Waals surface area contributed by atoms with Crippen molar-refractivity contribution >= 4 is 40.1 Å². The van der Waals surface area contributed by atoms with Gasteiger partial charge in [0.25, 0.3) is 5.91 Å². The van der Waals surface area contributed by atoms with Crippen molar-refractivity contribution in [1.82, 2.24) is 0 Å². The Hall–Kier alpha value is -4.10. The Morgan fingerprint density at radius 3 is 2.42 bits per heavy atom. The van der Waals surface area contributed by atoms with E-state index in [0.717, 1.165) is 6.07 Å². The Bertz CT molecular complexity index is 1380. The maximum Gasteiger partial charge on any atom is 0.375 e. The van der Waals surface area contributed by atoms with E-state index in [9.17, 15) is 14.4 Å². The monoisotopic (exact) mass is 463 g/mol. The number of anilines is 1. The molecule has 0 saturated heterocycles. The maximum absolute atomic E-state index is 13.1. The van der Waals surface area contributed by atoms with Crippen LogP contribution in [0.4, 0.5) is 5.69 Å². The minimum absolute atomic E-state index is 0.241. The second kappa shape index (κ2) is 9.58. The summed E-state index contributed by atoms with van der Waals surface area (Å²) in [4.78, 5) is 38.3. The van der Waals surface area contributed by atoms with Gasteiger partial charge in [-0.3, -0.25) is 9.59 Å². The van der Waals surface area contributed by atoms with Gasteiger partial charge in [0.05, 0.1) is 17.5 Å². The van der Waals surface area contributed by atoms with Crippen LogP contribution >= 0.6 is 11.6 Å². The highest BCUT2D eigenvalue weighted by molar-refractivity contribution is 6.32. The normalized spacial score (nSPS) is 11.6. The average Bonchev–Trinajstić information content (AvgIpc) is 2.83. The number of para-hydroxylation sites is 1. The van der Waals surface area contributed by atoms with E-state index in [0.29, 0.717) is 27.4 Å². The van der Waals surface area contributed by atoms with E-state index in [1.165, 1.54) is 13.2 Å². The molecule has 0 aliphatic rings. The molecular formula is C25H18ClNO6. The summed E-state index contributed by atoms with van der Waals surface area (Å²) in [6, 6.07) is 20.8. The predicted molar refractivity (Wildman–Crippen MR) is 124 cm³/mol. The Morgan fingerprint density at radius 2 is 1.70 bits per heavy atom. The molecule has 8 heteroatoms. The van der Waals surface area contributed by atoms with E-state index in [4.69, 9.17) is 25.5 Å². The maximum atomic E-state index is 13.1. The lowest BCUT2D eigenvalue weighted by molar-refractivity contribution is -0.125. The van der Waals surface area contributed by atoms with Crippen LogP contribution in [0.15, 0.2) is 88.1 Å². The zero-order valence-corrected chi connectivity index (χ0v) is 18.2. The van der Waals surface area contributed by atoms with Crippen LogP contribution in [0.25, 0.3) is 11.0 Å². The largest absolute Gasteiger partial charge is 0.495 e. The zero-order valence-electron chi connectivity index (χ0n) is 17.4. The van der Waals surface area contributed by atoms with E-state index in [1.807, 2.05) is 0 Å². The highest BCUT2D eigenvalue weighted by atomic mass is 35.5. The van der Waals surface area contributed by atoms with E-state index >= 15 is 0 Å². The first-order chi connectivity index (χ1) is 16.0. The van der Waals surface area contributed by atoms with Gasteiger partial charge in [-0.2, -0.15) is 0 Å².